The molecule has 3 rings (SSSR count). The number of hydrazone groups is 1. The molecule has 3 aromatic rings. The molecule has 0 spiro atoms. The summed E-state index contributed by atoms with van der Waals surface area (Å²) in [6.45, 7) is 6.40. The first-order valence-electron chi connectivity index (χ1n) is 11.1. The maximum atomic E-state index is 12.2. The molecule has 0 aliphatic carbocycles. The topological polar surface area (TPSA) is 86.2 Å². The van der Waals surface area contributed by atoms with E-state index in [1.54, 1.807) is 30.3 Å². The molecule has 0 aliphatic heterocycles. The first-order valence-corrected chi connectivity index (χ1v) is 11.9. The maximum Gasteiger partial charge on any atom is 0.353 e. The fourth-order valence-corrected chi connectivity index (χ4v) is 3.59. The van der Waals surface area contributed by atoms with Crippen LogP contribution in [0.1, 0.15) is 53.9 Å². The Kier molecular flexibility index (Phi) is 9.22. The van der Waals surface area contributed by atoms with Crippen LogP contribution in [0.15, 0.2) is 65.1 Å². The van der Waals surface area contributed by atoms with Crippen molar-refractivity contribution in [1.82, 2.24) is 5.43 Å². The highest BCUT2D eigenvalue weighted by molar-refractivity contribution is 7.12. The molecule has 1 unspecified atom stereocenters. The molecule has 0 bridgehead atoms. The van der Waals surface area contributed by atoms with Gasteiger partial charge in [-0.05, 0) is 72.2 Å². The van der Waals surface area contributed by atoms with Gasteiger partial charge >= 0.3 is 5.97 Å². The van der Waals surface area contributed by atoms with Gasteiger partial charge in [-0.3, -0.25) is 4.79 Å². The van der Waals surface area contributed by atoms with Crippen LogP contribution in [0.4, 0.5) is 0 Å². The maximum absolute atomic E-state index is 12.2. The Labute approximate surface area is 203 Å². The van der Waals surface area contributed by atoms with Gasteiger partial charge in [0.15, 0.2) is 18.1 Å². The molecule has 34 heavy (non-hydrogen) atoms. The summed E-state index contributed by atoms with van der Waals surface area (Å²) in [5, 5.41) is 5.78. The van der Waals surface area contributed by atoms with E-state index in [4.69, 9.17) is 14.2 Å². The molecule has 1 atom stereocenters. The minimum absolute atomic E-state index is 0.151. The van der Waals surface area contributed by atoms with Crippen LogP contribution in [-0.4, -0.2) is 31.3 Å². The lowest BCUT2D eigenvalue weighted by Crippen LogP contribution is -2.24. The van der Waals surface area contributed by atoms with Crippen molar-refractivity contribution < 1.29 is 23.8 Å². The van der Waals surface area contributed by atoms with Gasteiger partial charge < -0.3 is 14.2 Å². The van der Waals surface area contributed by atoms with Crippen LogP contribution in [0.2, 0.25) is 0 Å². The molecule has 1 heterocycles. The first kappa shape index (κ1) is 25.0. The van der Waals surface area contributed by atoms with Crippen LogP contribution in [0, 0.1) is 0 Å². The van der Waals surface area contributed by atoms with Crippen molar-refractivity contribution >= 4 is 29.4 Å². The van der Waals surface area contributed by atoms with Crippen molar-refractivity contribution in [2.45, 2.75) is 33.1 Å². The standard InChI is InChI=1S/C26H28N2O5S/c1-4-18(3)20-9-11-21(12-10-20)32-17-25(29)28-27-16-19-8-13-22(23(15-19)31-5-2)33-26(30)24-7-6-14-34-24/h6-16,18H,4-5,17H2,1-3H3,(H,28,29)/b27-16-. The second-order valence-corrected chi connectivity index (χ2v) is 8.41. The fourth-order valence-electron chi connectivity index (χ4n) is 2.99. The van der Waals surface area contributed by atoms with Crippen molar-refractivity contribution in [2.24, 2.45) is 5.10 Å². The van der Waals surface area contributed by atoms with Gasteiger partial charge in [0.2, 0.25) is 0 Å². The Hall–Kier alpha value is -3.65. The monoisotopic (exact) mass is 480 g/mol. The molecule has 1 amide bonds. The minimum atomic E-state index is -0.445. The number of thiophene rings is 1. The van der Waals surface area contributed by atoms with Crippen LogP contribution in [0.3, 0.4) is 0 Å². The summed E-state index contributed by atoms with van der Waals surface area (Å²) in [6, 6.07) is 16.3. The van der Waals surface area contributed by atoms with Gasteiger partial charge in [0.05, 0.1) is 12.8 Å². The minimum Gasteiger partial charge on any atom is -0.490 e. The molecule has 7 nitrogen and oxygen atoms in total. The third kappa shape index (κ3) is 7.18. The lowest BCUT2D eigenvalue weighted by atomic mass is 9.99. The van der Waals surface area contributed by atoms with Crippen molar-refractivity contribution in [3.8, 4) is 17.2 Å². The highest BCUT2D eigenvalue weighted by Crippen LogP contribution is 2.29. The first-order chi connectivity index (χ1) is 16.5. The van der Waals surface area contributed by atoms with Gasteiger partial charge in [-0.2, -0.15) is 5.10 Å². The molecule has 0 radical (unpaired) electrons. The number of esters is 1. The number of hydrogen-bond donors (Lipinski definition) is 1. The van der Waals surface area contributed by atoms with Crippen LogP contribution in [-0.2, 0) is 4.79 Å². The number of amides is 1. The second kappa shape index (κ2) is 12.6. The quantitative estimate of drug-likeness (QED) is 0.172. The van der Waals surface area contributed by atoms with Gasteiger partial charge in [0.25, 0.3) is 5.91 Å². The Bertz CT molecular complexity index is 1110. The van der Waals surface area contributed by atoms with E-state index in [9.17, 15) is 9.59 Å². The average Bonchev–Trinajstić information content (AvgIpc) is 3.39. The van der Waals surface area contributed by atoms with Gasteiger partial charge in [0.1, 0.15) is 10.6 Å². The third-order valence-corrected chi connectivity index (χ3v) is 5.88. The number of rotatable bonds is 11. The molecule has 8 heteroatoms. The fraction of sp³-hybridized carbons (Fsp3) is 0.269. The Morgan fingerprint density at radius 2 is 1.85 bits per heavy atom. The predicted octanol–water partition coefficient (Wildman–Crippen LogP) is 5.41. The van der Waals surface area contributed by atoms with Crippen molar-refractivity contribution in [2.75, 3.05) is 13.2 Å². The van der Waals surface area contributed by atoms with Crippen LogP contribution in [0.25, 0.3) is 0 Å². The lowest BCUT2D eigenvalue weighted by molar-refractivity contribution is -0.123. The summed E-state index contributed by atoms with van der Waals surface area (Å²) in [7, 11) is 0. The van der Waals surface area contributed by atoms with Crippen molar-refractivity contribution in [1.29, 1.82) is 0 Å². The van der Waals surface area contributed by atoms with Gasteiger partial charge in [-0.25, -0.2) is 10.2 Å². The Morgan fingerprint density at radius 1 is 1.06 bits per heavy atom. The second-order valence-electron chi connectivity index (χ2n) is 7.47. The predicted molar refractivity (Wildman–Crippen MR) is 133 cm³/mol. The number of ether oxygens (including phenoxy) is 3. The Balaban J connectivity index is 1.53. The molecule has 178 valence electrons. The molecule has 0 fully saturated rings. The zero-order valence-electron chi connectivity index (χ0n) is 19.4. The summed E-state index contributed by atoms with van der Waals surface area (Å²) in [5.74, 6) is 1.01. The third-order valence-electron chi connectivity index (χ3n) is 5.03. The SMILES string of the molecule is CCOc1cc(/C=N\NC(=O)COc2ccc(C(C)CC)cc2)ccc1OC(=O)c1cccs1. The molecule has 0 saturated heterocycles. The van der Waals surface area contributed by atoms with Crippen molar-refractivity contribution in [3.05, 3.63) is 76.0 Å². The smallest absolute Gasteiger partial charge is 0.353 e. The number of carbonyl (C=O) groups excluding carboxylic acids is 2. The highest BCUT2D eigenvalue weighted by atomic mass is 32.1. The average molecular weight is 481 g/mol. The van der Waals surface area contributed by atoms with E-state index in [0.717, 1.165) is 6.42 Å². The van der Waals surface area contributed by atoms with Crippen LogP contribution >= 0.6 is 11.3 Å². The number of nitrogens with one attached hydrogen (secondary N) is 1. The zero-order chi connectivity index (χ0) is 24.3. The summed E-state index contributed by atoms with van der Waals surface area (Å²) < 4.78 is 16.6. The number of nitrogens with zero attached hydrogens (tertiary/aromatic N) is 1. The largest absolute Gasteiger partial charge is 0.490 e. The normalized spacial score (nSPS) is 11.7. The van der Waals surface area contributed by atoms with Crippen LogP contribution in [0.5, 0.6) is 17.2 Å². The highest BCUT2D eigenvalue weighted by Gasteiger charge is 2.14. The molecular formula is C26H28N2O5S. The van der Waals surface area contributed by atoms with Crippen molar-refractivity contribution in [3.63, 3.8) is 0 Å². The zero-order valence-corrected chi connectivity index (χ0v) is 20.3. The molecule has 2 aromatic carbocycles. The number of carbonyl (C=O) groups is 2. The van der Waals surface area contributed by atoms with E-state index in [1.807, 2.05) is 36.6 Å². The molecule has 0 aliphatic rings. The van der Waals surface area contributed by atoms with E-state index in [2.05, 4.69) is 24.4 Å². The molecule has 0 saturated carbocycles. The molecule has 1 aromatic heterocycles. The van der Waals surface area contributed by atoms with E-state index >= 15 is 0 Å². The Morgan fingerprint density at radius 3 is 2.53 bits per heavy atom. The van der Waals surface area contributed by atoms with E-state index in [1.165, 1.54) is 23.1 Å². The number of hydrogen-bond acceptors (Lipinski definition) is 7. The lowest BCUT2D eigenvalue weighted by Gasteiger charge is -2.11. The van der Waals surface area contributed by atoms with E-state index in [0.29, 0.717) is 40.2 Å². The summed E-state index contributed by atoms with van der Waals surface area (Å²) in [4.78, 5) is 24.8. The molecular weight excluding hydrogens is 452 g/mol. The number of benzene rings is 2. The summed E-state index contributed by atoms with van der Waals surface area (Å²) in [5.41, 5.74) is 4.34. The molecule has 1 N–H and O–H groups in total. The van der Waals surface area contributed by atoms with Gasteiger partial charge in [0, 0.05) is 0 Å². The summed E-state index contributed by atoms with van der Waals surface area (Å²) in [6.07, 6.45) is 2.54. The van der Waals surface area contributed by atoms with E-state index in [-0.39, 0.29) is 12.5 Å². The van der Waals surface area contributed by atoms with Gasteiger partial charge in [-0.1, -0.05) is 32.0 Å². The van der Waals surface area contributed by atoms with E-state index < -0.39 is 5.97 Å². The summed E-state index contributed by atoms with van der Waals surface area (Å²) >= 11 is 1.30. The van der Waals surface area contributed by atoms with Gasteiger partial charge in [-0.15, -0.1) is 11.3 Å². The van der Waals surface area contributed by atoms with Crippen LogP contribution < -0.4 is 19.6 Å².